The molecule has 1 aliphatic heterocycles. The molecule has 1 aromatic carbocycles. The van der Waals surface area contributed by atoms with Crippen LogP contribution in [0.15, 0.2) is 16.6 Å². The van der Waals surface area contributed by atoms with Crippen molar-refractivity contribution in [3.8, 4) is 0 Å². The predicted octanol–water partition coefficient (Wildman–Crippen LogP) is 3.81. The standard InChI is InChI=1S/C13H14BrClN2/c1-8-10(15)4-3-9-12(14)11-7-16(2)5-6-17(11)13(8)9/h3-4H,5-7H2,1-2H3. The summed E-state index contributed by atoms with van der Waals surface area (Å²) in [5.74, 6) is 0. The lowest BCUT2D eigenvalue weighted by Crippen LogP contribution is -2.30. The van der Waals surface area contributed by atoms with Gasteiger partial charge in [0, 0.05) is 40.2 Å². The number of fused-ring (bicyclic) bond motifs is 3. The van der Waals surface area contributed by atoms with E-state index in [2.05, 4.69) is 45.4 Å². The highest BCUT2D eigenvalue weighted by Crippen LogP contribution is 2.37. The molecule has 4 heteroatoms. The molecule has 0 fully saturated rings. The summed E-state index contributed by atoms with van der Waals surface area (Å²) in [5.41, 5.74) is 3.83. The van der Waals surface area contributed by atoms with Crippen LogP contribution in [-0.4, -0.2) is 23.1 Å². The van der Waals surface area contributed by atoms with Crippen LogP contribution in [0.4, 0.5) is 0 Å². The van der Waals surface area contributed by atoms with Gasteiger partial charge in [0.05, 0.1) is 5.52 Å². The number of aryl methyl sites for hydroxylation is 1. The van der Waals surface area contributed by atoms with Gasteiger partial charge in [0.25, 0.3) is 0 Å². The zero-order valence-electron chi connectivity index (χ0n) is 9.93. The molecule has 17 heavy (non-hydrogen) atoms. The number of hydrogen-bond acceptors (Lipinski definition) is 1. The number of halogens is 2. The Morgan fingerprint density at radius 1 is 1.29 bits per heavy atom. The summed E-state index contributed by atoms with van der Waals surface area (Å²) in [4.78, 5) is 2.34. The van der Waals surface area contributed by atoms with E-state index in [1.165, 1.54) is 26.6 Å². The lowest BCUT2D eigenvalue weighted by Gasteiger charge is -2.25. The second kappa shape index (κ2) is 4.01. The molecule has 1 aromatic heterocycles. The smallest absolute Gasteiger partial charge is 0.0539 e. The van der Waals surface area contributed by atoms with Gasteiger partial charge in [-0.3, -0.25) is 4.90 Å². The third kappa shape index (κ3) is 1.64. The topological polar surface area (TPSA) is 8.17 Å². The van der Waals surface area contributed by atoms with Crippen LogP contribution < -0.4 is 0 Å². The van der Waals surface area contributed by atoms with Gasteiger partial charge in [-0.15, -0.1) is 0 Å². The van der Waals surface area contributed by atoms with Gasteiger partial charge >= 0.3 is 0 Å². The van der Waals surface area contributed by atoms with Crippen molar-refractivity contribution in [3.05, 3.63) is 32.9 Å². The minimum Gasteiger partial charge on any atom is -0.341 e. The van der Waals surface area contributed by atoms with E-state index < -0.39 is 0 Å². The number of aromatic nitrogens is 1. The van der Waals surface area contributed by atoms with Crippen LogP contribution in [0.2, 0.25) is 5.02 Å². The Hall–Kier alpha value is -0.510. The summed E-state index contributed by atoms with van der Waals surface area (Å²) in [6.45, 7) is 5.22. The number of nitrogens with zero attached hydrogens (tertiary/aromatic N) is 2. The van der Waals surface area contributed by atoms with Gasteiger partial charge in [0.2, 0.25) is 0 Å². The second-order valence-electron chi connectivity index (χ2n) is 4.72. The van der Waals surface area contributed by atoms with Crippen LogP contribution in [0, 0.1) is 6.92 Å². The van der Waals surface area contributed by atoms with Crippen molar-refractivity contribution in [1.82, 2.24) is 9.47 Å². The predicted molar refractivity (Wildman–Crippen MR) is 75.7 cm³/mol. The summed E-state index contributed by atoms with van der Waals surface area (Å²) in [7, 11) is 2.16. The van der Waals surface area contributed by atoms with E-state index in [1.54, 1.807) is 0 Å². The Morgan fingerprint density at radius 2 is 2.06 bits per heavy atom. The fraction of sp³-hybridized carbons (Fsp3) is 0.385. The van der Waals surface area contributed by atoms with E-state index in [-0.39, 0.29) is 0 Å². The third-order valence-corrected chi connectivity index (χ3v) is 4.87. The van der Waals surface area contributed by atoms with Crippen LogP contribution in [0.3, 0.4) is 0 Å². The van der Waals surface area contributed by atoms with E-state index in [9.17, 15) is 0 Å². The van der Waals surface area contributed by atoms with Crippen LogP contribution in [-0.2, 0) is 13.1 Å². The molecule has 0 N–H and O–H groups in total. The zero-order valence-corrected chi connectivity index (χ0v) is 12.3. The Kier molecular flexibility index (Phi) is 2.73. The summed E-state index contributed by atoms with van der Waals surface area (Å²) >= 11 is 9.96. The molecular weight excluding hydrogens is 300 g/mol. The molecule has 0 atom stereocenters. The molecule has 0 unspecified atom stereocenters. The van der Waals surface area contributed by atoms with Gasteiger partial charge in [-0.05, 0) is 41.5 Å². The number of hydrogen-bond donors (Lipinski definition) is 0. The van der Waals surface area contributed by atoms with Crippen molar-refractivity contribution < 1.29 is 0 Å². The Balaban J connectivity index is 2.38. The van der Waals surface area contributed by atoms with Gasteiger partial charge in [-0.2, -0.15) is 0 Å². The monoisotopic (exact) mass is 312 g/mol. The first kappa shape index (κ1) is 11.6. The molecule has 1 aliphatic rings. The average molecular weight is 314 g/mol. The van der Waals surface area contributed by atoms with E-state index in [0.717, 1.165) is 24.7 Å². The molecule has 0 saturated carbocycles. The summed E-state index contributed by atoms with van der Waals surface area (Å²) in [5, 5.41) is 2.13. The van der Waals surface area contributed by atoms with Crippen LogP contribution >= 0.6 is 27.5 Å². The average Bonchev–Trinajstić information content (AvgIpc) is 2.58. The van der Waals surface area contributed by atoms with E-state index in [0.29, 0.717) is 0 Å². The molecule has 90 valence electrons. The highest BCUT2D eigenvalue weighted by Gasteiger charge is 2.22. The Morgan fingerprint density at radius 3 is 2.82 bits per heavy atom. The number of benzene rings is 1. The molecule has 3 rings (SSSR count). The highest BCUT2D eigenvalue weighted by atomic mass is 79.9. The fourth-order valence-electron chi connectivity index (χ4n) is 2.62. The fourth-order valence-corrected chi connectivity index (χ4v) is 3.43. The molecule has 0 saturated heterocycles. The van der Waals surface area contributed by atoms with Crippen molar-refractivity contribution >= 4 is 38.4 Å². The van der Waals surface area contributed by atoms with E-state index in [1.807, 2.05) is 6.07 Å². The van der Waals surface area contributed by atoms with E-state index >= 15 is 0 Å². The molecule has 0 aliphatic carbocycles. The largest absolute Gasteiger partial charge is 0.341 e. The van der Waals surface area contributed by atoms with E-state index in [4.69, 9.17) is 11.6 Å². The maximum atomic E-state index is 6.23. The Bertz CT molecular complexity index is 603. The minimum atomic E-state index is 0.851. The first-order valence-corrected chi connectivity index (χ1v) is 6.91. The normalized spacial score (nSPS) is 16.5. The molecule has 0 bridgehead atoms. The minimum absolute atomic E-state index is 0.851. The SMILES string of the molecule is Cc1c(Cl)ccc2c(Br)c3n(c12)CCN(C)C3. The molecule has 0 radical (unpaired) electrons. The molecule has 2 nitrogen and oxygen atoms in total. The zero-order chi connectivity index (χ0) is 12.2. The lowest BCUT2D eigenvalue weighted by atomic mass is 10.1. The van der Waals surface area contributed by atoms with Crippen molar-refractivity contribution in [2.24, 2.45) is 0 Å². The summed E-state index contributed by atoms with van der Waals surface area (Å²) in [6, 6.07) is 4.10. The first-order chi connectivity index (χ1) is 8.09. The van der Waals surface area contributed by atoms with Crippen molar-refractivity contribution in [3.63, 3.8) is 0 Å². The summed E-state index contributed by atoms with van der Waals surface area (Å²) < 4.78 is 3.62. The van der Waals surface area contributed by atoms with Gasteiger partial charge < -0.3 is 4.57 Å². The lowest BCUT2D eigenvalue weighted by molar-refractivity contribution is 0.272. The van der Waals surface area contributed by atoms with Crippen LogP contribution in [0.5, 0.6) is 0 Å². The van der Waals surface area contributed by atoms with Gasteiger partial charge in [-0.1, -0.05) is 17.7 Å². The summed E-state index contributed by atoms with van der Waals surface area (Å²) in [6.07, 6.45) is 0. The van der Waals surface area contributed by atoms with Gasteiger partial charge in [0.15, 0.2) is 0 Å². The Labute approximate surface area is 114 Å². The van der Waals surface area contributed by atoms with Crippen molar-refractivity contribution in [2.45, 2.75) is 20.0 Å². The number of likely N-dealkylation sites (N-methyl/N-ethyl adjacent to an activating group) is 1. The first-order valence-electron chi connectivity index (χ1n) is 5.74. The van der Waals surface area contributed by atoms with Crippen molar-refractivity contribution in [2.75, 3.05) is 13.6 Å². The maximum Gasteiger partial charge on any atom is 0.0539 e. The number of rotatable bonds is 0. The molecule has 0 spiro atoms. The second-order valence-corrected chi connectivity index (χ2v) is 5.92. The molecule has 0 amide bonds. The van der Waals surface area contributed by atoms with Crippen LogP contribution in [0.25, 0.3) is 10.9 Å². The van der Waals surface area contributed by atoms with Crippen molar-refractivity contribution in [1.29, 1.82) is 0 Å². The van der Waals surface area contributed by atoms with Gasteiger partial charge in [0.1, 0.15) is 0 Å². The molecule has 2 aromatic rings. The van der Waals surface area contributed by atoms with Crippen LogP contribution in [0.1, 0.15) is 11.3 Å². The molecule has 2 heterocycles. The quantitative estimate of drug-likeness (QED) is 0.718. The maximum absolute atomic E-state index is 6.23. The van der Waals surface area contributed by atoms with Gasteiger partial charge in [-0.25, -0.2) is 0 Å². The highest BCUT2D eigenvalue weighted by molar-refractivity contribution is 9.10. The third-order valence-electron chi connectivity index (χ3n) is 3.58. The molecular formula is C13H14BrClN2.